The molecule has 0 heterocycles. The molecule has 0 aliphatic rings. The molecule has 0 spiro atoms. The fraction of sp³-hybridized carbons (Fsp3) is 0.250. The van der Waals surface area contributed by atoms with Crippen molar-refractivity contribution in [3.63, 3.8) is 0 Å². The molecule has 0 aliphatic heterocycles. The van der Waals surface area contributed by atoms with Crippen molar-refractivity contribution in [3.05, 3.63) is 22.2 Å². The highest BCUT2D eigenvalue weighted by Crippen LogP contribution is 2.30. The van der Waals surface area contributed by atoms with Crippen molar-refractivity contribution in [3.8, 4) is 5.75 Å². The molecule has 14 heavy (non-hydrogen) atoms. The van der Waals surface area contributed by atoms with E-state index in [-0.39, 0.29) is 16.2 Å². The topological polar surface area (TPSA) is 49.7 Å². The molecule has 0 aromatic heterocycles. The van der Waals surface area contributed by atoms with Crippen LogP contribution in [-0.2, 0) is 0 Å². The van der Waals surface area contributed by atoms with Gasteiger partial charge in [-0.25, -0.2) is 0 Å². The molecular weight excluding hydrogens is 226 g/mol. The Morgan fingerprint density at radius 3 is 2.50 bits per heavy atom. The minimum absolute atomic E-state index is 0.194. The van der Waals surface area contributed by atoms with Crippen LogP contribution in [-0.4, -0.2) is 23.8 Å². The van der Waals surface area contributed by atoms with Gasteiger partial charge in [-0.15, -0.1) is 0 Å². The molecule has 1 aromatic rings. The van der Waals surface area contributed by atoms with Crippen LogP contribution < -0.4 is 10.2 Å². The zero-order chi connectivity index (χ0) is 10.7. The lowest BCUT2D eigenvalue weighted by molar-refractivity contribution is 0.340. The maximum atomic E-state index is 9.02. The summed E-state index contributed by atoms with van der Waals surface area (Å²) in [7, 11) is -1.62. The predicted octanol–water partition coefficient (Wildman–Crippen LogP) is 1.07. The summed E-state index contributed by atoms with van der Waals surface area (Å²) in [6.45, 7) is 2.14. The van der Waals surface area contributed by atoms with E-state index in [0.717, 1.165) is 0 Å². The second kappa shape index (κ2) is 4.89. The summed E-state index contributed by atoms with van der Waals surface area (Å²) in [6.07, 6.45) is 0. The summed E-state index contributed by atoms with van der Waals surface area (Å²) in [6, 6.07) is 2.95. The normalized spacial score (nSPS) is 10.1. The van der Waals surface area contributed by atoms with Gasteiger partial charge in [0.05, 0.1) is 11.6 Å². The molecule has 0 fully saturated rings. The second-order valence-corrected chi connectivity index (χ2v) is 3.37. The number of ether oxygens (including phenoxy) is 1. The monoisotopic (exact) mass is 234 g/mol. The lowest BCUT2D eigenvalue weighted by Crippen LogP contribution is -2.31. The Kier molecular flexibility index (Phi) is 4.07. The summed E-state index contributed by atoms with van der Waals surface area (Å²) in [5.41, 5.74) is 0.209. The molecule has 0 bridgehead atoms. The summed E-state index contributed by atoms with van der Waals surface area (Å²) >= 11 is 11.6. The van der Waals surface area contributed by atoms with Crippen LogP contribution in [0.4, 0.5) is 0 Å². The van der Waals surface area contributed by atoms with Crippen molar-refractivity contribution in [2.45, 2.75) is 6.92 Å². The first-order valence-corrected chi connectivity index (χ1v) is 4.80. The van der Waals surface area contributed by atoms with E-state index in [9.17, 15) is 0 Å². The molecule has 1 aromatic carbocycles. The van der Waals surface area contributed by atoms with Gasteiger partial charge in [0.15, 0.2) is 0 Å². The fourth-order valence-electron chi connectivity index (χ4n) is 1.04. The Balaban J connectivity index is 3.22. The fourth-order valence-corrected chi connectivity index (χ4v) is 1.42. The summed E-state index contributed by atoms with van der Waals surface area (Å²) in [5, 5.41) is 18.6. The van der Waals surface area contributed by atoms with Crippen LogP contribution in [0.3, 0.4) is 0 Å². The van der Waals surface area contributed by atoms with Crippen LogP contribution in [0.15, 0.2) is 12.1 Å². The van der Waals surface area contributed by atoms with Crippen molar-refractivity contribution >= 4 is 35.8 Å². The van der Waals surface area contributed by atoms with Gasteiger partial charge >= 0.3 is 7.12 Å². The standard InChI is InChI=1S/C8H9BCl2O3/c1-2-14-8-5(9(12)13)3-4-6(10)7(8)11/h3-4,12-13H,2H2,1H3. The Morgan fingerprint density at radius 2 is 2.00 bits per heavy atom. The number of halogens is 2. The number of hydrogen-bond acceptors (Lipinski definition) is 3. The summed E-state index contributed by atoms with van der Waals surface area (Å²) in [5.74, 6) is 0.219. The van der Waals surface area contributed by atoms with Gasteiger partial charge in [-0.05, 0) is 13.0 Å². The van der Waals surface area contributed by atoms with E-state index in [4.69, 9.17) is 38.0 Å². The van der Waals surface area contributed by atoms with E-state index in [2.05, 4.69) is 0 Å². The smallest absolute Gasteiger partial charge is 0.492 e. The molecule has 1 rings (SSSR count). The Hall–Kier alpha value is -0.415. The van der Waals surface area contributed by atoms with E-state index >= 15 is 0 Å². The largest absolute Gasteiger partial charge is 0.493 e. The Labute approximate surface area is 92.4 Å². The van der Waals surface area contributed by atoms with Gasteiger partial charge in [0.1, 0.15) is 10.8 Å². The molecule has 0 unspecified atom stereocenters. The van der Waals surface area contributed by atoms with E-state index < -0.39 is 7.12 Å². The van der Waals surface area contributed by atoms with Crippen molar-refractivity contribution in [2.75, 3.05) is 6.61 Å². The first-order valence-electron chi connectivity index (χ1n) is 4.04. The van der Waals surface area contributed by atoms with Crippen LogP contribution in [0, 0.1) is 0 Å². The number of benzene rings is 1. The minimum atomic E-state index is -1.62. The molecule has 0 saturated carbocycles. The van der Waals surface area contributed by atoms with Crippen LogP contribution in [0.5, 0.6) is 5.75 Å². The third kappa shape index (κ3) is 2.33. The van der Waals surface area contributed by atoms with Gasteiger partial charge < -0.3 is 14.8 Å². The number of rotatable bonds is 3. The molecule has 0 amide bonds. The SMILES string of the molecule is CCOc1c(B(O)O)ccc(Cl)c1Cl. The maximum Gasteiger partial charge on any atom is 0.492 e. The lowest BCUT2D eigenvalue weighted by Gasteiger charge is -2.12. The van der Waals surface area contributed by atoms with E-state index in [1.54, 1.807) is 6.92 Å². The first-order chi connectivity index (χ1) is 6.57. The Bertz CT molecular complexity index is 331. The molecule has 2 N–H and O–H groups in total. The summed E-state index contributed by atoms with van der Waals surface area (Å²) < 4.78 is 5.17. The van der Waals surface area contributed by atoms with Crippen molar-refractivity contribution < 1.29 is 14.8 Å². The zero-order valence-electron chi connectivity index (χ0n) is 7.50. The van der Waals surface area contributed by atoms with Gasteiger partial charge in [0.2, 0.25) is 0 Å². The molecule has 0 saturated heterocycles. The molecule has 3 nitrogen and oxygen atoms in total. The van der Waals surface area contributed by atoms with Crippen LogP contribution >= 0.6 is 23.2 Å². The average Bonchev–Trinajstić information content (AvgIpc) is 2.13. The molecular formula is C8H9BCl2O3. The lowest BCUT2D eigenvalue weighted by atomic mass is 9.79. The highest BCUT2D eigenvalue weighted by molar-refractivity contribution is 6.61. The number of hydrogen-bond donors (Lipinski definition) is 2. The molecule has 0 radical (unpaired) electrons. The van der Waals surface area contributed by atoms with Gasteiger partial charge in [-0.2, -0.15) is 0 Å². The van der Waals surface area contributed by atoms with Gasteiger partial charge in [0.25, 0.3) is 0 Å². The van der Waals surface area contributed by atoms with E-state index in [1.165, 1.54) is 12.1 Å². The quantitative estimate of drug-likeness (QED) is 0.770. The molecule has 6 heteroatoms. The average molecular weight is 235 g/mol. The van der Waals surface area contributed by atoms with Crippen LogP contribution in [0.2, 0.25) is 10.0 Å². The van der Waals surface area contributed by atoms with E-state index in [0.29, 0.717) is 11.6 Å². The molecule has 0 aliphatic carbocycles. The third-order valence-electron chi connectivity index (χ3n) is 1.65. The minimum Gasteiger partial charge on any atom is -0.493 e. The molecule has 76 valence electrons. The van der Waals surface area contributed by atoms with Crippen LogP contribution in [0.1, 0.15) is 6.92 Å². The van der Waals surface area contributed by atoms with Crippen LogP contribution in [0.25, 0.3) is 0 Å². The zero-order valence-corrected chi connectivity index (χ0v) is 9.01. The van der Waals surface area contributed by atoms with E-state index in [1.807, 2.05) is 0 Å². The van der Waals surface area contributed by atoms with Gasteiger partial charge in [0, 0.05) is 5.46 Å². The highest BCUT2D eigenvalue weighted by Gasteiger charge is 2.20. The second-order valence-electron chi connectivity index (χ2n) is 2.59. The first kappa shape index (κ1) is 11.7. The third-order valence-corrected chi connectivity index (χ3v) is 2.43. The summed E-state index contributed by atoms with van der Waals surface area (Å²) in [4.78, 5) is 0. The van der Waals surface area contributed by atoms with Crippen molar-refractivity contribution in [1.82, 2.24) is 0 Å². The van der Waals surface area contributed by atoms with Gasteiger partial charge in [-0.3, -0.25) is 0 Å². The van der Waals surface area contributed by atoms with Crippen molar-refractivity contribution in [2.24, 2.45) is 0 Å². The molecule has 0 atom stereocenters. The highest BCUT2D eigenvalue weighted by atomic mass is 35.5. The predicted molar refractivity (Wildman–Crippen MR) is 57.5 cm³/mol. The maximum absolute atomic E-state index is 9.02. The van der Waals surface area contributed by atoms with Gasteiger partial charge in [-0.1, -0.05) is 29.3 Å². The Morgan fingerprint density at radius 1 is 1.36 bits per heavy atom. The van der Waals surface area contributed by atoms with Crippen molar-refractivity contribution in [1.29, 1.82) is 0 Å².